The van der Waals surface area contributed by atoms with Gasteiger partial charge in [0.05, 0.1) is 13.1 Å². The summed E-state index contributed by atoms with van der Waals surface area (Å²) in [5, 5.41) is 8.83. The van der Waals surface area contributed by atoms with E-state index in [1.807, 2.05) is 26.8 Å². The molecule has 0 saturated heterocycles. The number of anilines is 1. The Bertz CT molecular complexity index is 489. The molecule has 3 N–H and O–H groups in total. The molecule has 20 heavy (non-hydrogen) atoms. The highest BCUT2D eigenvalue weighted by atomic mass is 35.5. The van der Waals surface area contributed by atoms with E-state index in [0.29, 0.717) is 10.7 Å². The highest BCUT2D eigenvalue weighted by Crippen LogP contribution is 2.19. The van der Waals surface area contributed by atoms with Crippen LogP contribution in [0.1, 0.15) is 19.4 Å². The topological polar surface area (TPSA) is 70.2 Å². The SMILES string of the molecule is Cc1ccc(Cl)cc1NC(=O)CNCC(=O)NC(C)C. The van der Waals surface area contributed by atoms with Gasteiger partial charge >= 0.3 is 0 Å². The molecule has 0 spiro atoms. The van der Waals surface area contributed by atoms with Gasteiger partial charge in [0.1, 0.15) is 0 Å². The first-order chi connectivity index (χ1) is 9.38. The third-order valence-corrected chi connectivity index (χ3v) is 2.73. The lowest BCUT2D eigenvalue weighted by Gasteiger charge is -2.11. The predicted molar refractivity (Wildman–Crippen MR) is 81.0 cm³/mol. The van der Waals surface area contributed by atoms with Gasteiger partial charge in [-0.2, -0.15) is 0 Å². The van der Waals surface area contributed by atoms with Crippen LogP contribution in [0.2, 0.25) is 5.02 Å². The van der Waals surface area contributed by atoms with Gasteiger partial charge in [-0.15, -0.1) is 0 Å². The number of carbonyl (C=O) groups is 2. The third-order valence-electron chi connectivity index (χ3n) is 2.49. The Kier molecular flexibility index (Phi) is 6.48. The van der Waals surface area contributed by atoms with E-state index in [-0.39, 0.29) is 30.9 Å². The molecule has 0 fully saturated rings. The molecule has 0 radical (unpaired) electrons. The molecule has 6 heteroatoms. The number of nitrogens with one attached hydrogen (secondary N) is 3. The van der Waals surface area contributed by atoms with Crippen molar-refractivity contribution in [2.75, 3.05) is 18.4 Å². The predicted octanol–water partition coefficient (Wildman–Crippen LogP) is 1.70. The molecule has 5 nitrogen and oxygen atoms in total. The van der Waals surface area contributed by atoms with Crippen LogP contribution in [0.25, 0.3) is 0 Å². The van der Waals surface area contributed by atoms with Crippen LogP contribution in [0.15, 0.2) is 18.2 Å². The second-order valence-electron chi connectivity index (χ2n) is 4.83. The van der Waals surface area contributed by atoms with Crippen molar-refractivity contribution in [3.8, 4) is 0 Å². The summed E-state index contributed by atoms with van der Waals surface area (Å²) in [6.07, 6.45) is 0. The fraction of sp³-hybridized carbons (Fsp3) is 0.429. The fourth-order valence-corrected chi connectivity index (χ4v) is 1.76. The van der Waals surface area contributed by atoms with Crippen molar-refractivity contribution in [2.24, 2.45) is 0 Å². The molecule has 0 aliphatic carbocycles. The number of benzene rings is 1. The summed E-state index contributed by atoms with van der Waals surface area (Å²) < 4.78 is 0. The maximum atomic E-state index is 11.7. The van der Waals surface area contributed by atoms with E-state index in [1.165, 1.54) is 0 Å². The van der Waals surface area contributed by atoms with Crippen LogP contribution < -0.4 is 16.0 Å². The van der Waals surface area contributed by atoms with Crippen LogP contribution in [0.3, 0.4) is 0 Å². The zero-order chi connectivity index (χ0) is 15.1. The van der Waals surface area contributed by atoms with Crippen molar-refractivity contribution in [3.05, 3.63) is 28.8 Å². The molecule has 2 amide bonds. The third kappa shape index (κ3) is 6.04. The highest BCUT2D eigenvalue weighted by Gasteiger charge is 2.07. The monoisotopic (exact) mass is 297 g/mol. The molecule has 1 aromatic carbocycles. The summed E-state index contributed by atoms with van der Waals surface area (Å²) in [6, 6.07) is 5.38. The molecule has 0 bridgehead atoms. The van der Waals surface area contributed by atoms with Crippen molar-refractivity contribution < 1.29 is 9.59 Å². The number of aryl methyl sites for hydroxylation is 1. The maximum Gasteiger partial charge on any atom is 0.238 e. The van der Waals surface area contributed by atoms with Gasteiger partial charge in [-0.3, -0.25) is 14.9 Å². The lowest BCUT2D eigenvalue weighted by atomic mass is 10.2. The van der Waals surface area contributed by atoms with Crippen LogP contribution in [-0.2, 0) is 9.59 Å². The van der Waals surface area contributed by atoms with E-state index in [4.69, 9.17) is 11.6 Å². The van der Waals surface area contributed by atoms with Gasteiger partial charge < -0.3 is 10.6 Å². The molecule has 0 saturated carbocycles. The lowest BCUT2D eigenvalue weighted by Crippen LogP contribution is -2.40. The fourth-order valence-electron chi connectivity index (χ4n) is 1.59. The van der Waals surface area contributed by atoms with E-state index >= 15 is 0 Å². The number of hydrogen-bond acceptors (Lipinski definition) is 3. The summed E-state index contributed by atoms with van der Waals surface area (Å²) >= 11 is 5.87. The first-order valence-corrected chi connectivity index (χ1v) is 6.82. The van der Waals surface area contributed by atoms with Gasteiger partial charge in [0.15, 0.2) is 0 Å². The largest absolute Gasteiger partial charge is 0.353 e. The Balaban J connectivity index is 2.37. The summed E-state index contributed by atoms with van der Waals surface area (Å²) in [4.78, 5) is 23.1. The maximum absolute atomic E-state index is 11.7. The van der Waals surface area contributed by atoms with Gasteiger partial charge in [0.25, 0.3) is 0 Å². The van der Waals surface area contributed by atoms with E-state index in [9.17, 15) is 9.59 Å². The molecule has 1 rings (SSSR count). The Morgan fingerprint density at radius 2 is 1.85 bits per heavy atom. The molecule has 0 aliphatic heterocycles. The quantitative estimate of drug-likeness (QED) is 0.748. The molecule has 0 heterocycles. The molecule has 0 aromatic heterocycles. The zero-order valence-electron chi connectivity index (χ0n) is 11.9. The van der Waals surface area contributed by atoms with E-state index in [0.717, 1.165) is 5.56 Å². The van der Waals surface area contributed by atoms with Crippen molar-refractivity contribution in [1.29, 1.82) is 0 Å². The minimum absolute atomic E-state index is 0.0669. The highest BCUT2D eigenvalue weighted by molar-refractivity contribution is 6.31. The molecule has 0 unspecified atom stereocenters. The summed E-state index contributed by atoms with van der Waals surface area (Å²) in [5.74, 6) is -0.348. The normalized spacial score (nSPS) is 10.4. The number of amides is 2. The van der Waals surface area contributed by atoms with Crippen LogP contribution in [0.4, 0.5) is 5.69 Å². The Morgan fingerprint density at radius 1 is 1.20 bits per heavy atom. The minimum Gasteiger partial charge on any atom is -0.353 e. The van der Waals surface area contributed by atoms with Gasteiger partial charge in [-0.05, 0) is 38.5 Å². The van der Waals surface area contributed by atoms with Gasteiger partial charge in [-0.25, -0.2) is 0 Å². The second kappa shape index (κ2) is 7.87. The summed E-state index contributed by atoms with van der Waals surface area (Å²) in [5.41, 5.74) is 1.61. The van der Waals surface area contributed by atoms with Crippen LogP contribution in [0, 0.1) is 6.92 Å². The number of rotatable bonds is 6. The smallest absolute Gasteiger partial charge is 0.238 e. The average molecular weight is 298 g/mol. The van der Waals surface area contributed by atoms with Gasteiger partial charge in [-0.1, -0.05) is 17.7 Å². The van der Waals surface area contributed by atoms with Crippen molar-refractivity contribution >= 4 is 29.1 Å². The second-order valence-corrected chi connectivity index (χ2v) is 5.27. The zero-order valence-corrected chi connectivity index (χ0v) is 12.7. The standard InChI is InChI=1S/C14H20ClN3O2/c1-9(2)17-13(19)7-16-8-14(20)18-12-6-11(15)5-4-10(12)3/h4-6,9,16H,7-8H2,1-3H3,(H,17,19)(H,18,20). The number of hydrogen-bond donors (Lipinski definition) is 3. The molecular weight excluding hydrogens is 278 g/mol. The first-order valence-electron chi connectivity index (χ1n) is 6.44. The molecule has 0 aliphatic rings. The Morgan fingerprint density at radius 3 is 2.50 bits per heavy atom. The summed E-state index contributed by atoms with van der Waals surface area (Å²) in [7, 11) is 0. The van der Waals surface area contributed by atoms with Crippen molar-refractivity contribution in [1.82, 2.24) is 10.6 Å². The van der Waals surface area contributed by atoms with Crippen LogP contribution >= 0.6 is 11.6 Å². The summed E-state index contributed by atoms with van der Waals surface area (Å²) in [6.45, 7) is 5.83. The van der Waals surface area contributed by atoms with E-state index < -0.39 is 0 Å². The minimum atomic E-state index is -0.215. The first kappa shape index (κ1) is 16.5. The average Bonchev–Trinajstić information content (AvgIpc) is 2.33. The molecule has 110 valence electrons. The number of carbonyl (C=O) groups excluding carboxylic acids is 2. The van der Waals surface area contributed by atoms with E-state index in [1.54, 1.807) is 12.1 Å². The van der Waals surface area contributed by atoms with Crippen LogP contribution in [-0.4, -0.2) is 30.9 Å². The molecule has 0 atom stereocenters. The molecule has 1 aromatic rings. The van der Waals surface area contributed by atoms with Gasteiger partial charge in [0.2, 0.25) is 11.8 Å². The van der Waals surface area contributed by atoms with Crippen molar-refractivity contribution in [3.63, 3.8) is 0 Å². The lowest BCUT2D eigenvalue weighted by molar-refractivity contribution is -0.120. The number of halogens is 1. The van der Waals surface area contributed by atoms with Crippen LogP contribution in [0.5, 0.6) is 0 Å². The van der Waals surface area contributed by atoms with Gasteiger partial charge in [0, 0.05) is 16.8 Å². The van der Waals surface area contributed by atoms with Crippen molar-refractivity contribution in [2.45, 2.75) is 26.8 Å². The van der Waals surface area contributed by atoms with E-state index in [2.05, 4.69) is 16.0 Å². The Hall–Kier alpha value is -1.59. The Labute approximate surface area is 124 Å². The molecular formula is C14H20ClN3O2.